The average Bonchev–Trinajstić information content (AvgIpc) is 3.01. The summed E-state index contributed by atoms with van der Waals surface area (Å²) in [5.74, 6) is 0.0439. The topological polar surface area (TPSA) is 54.5 Å². The zero-order valence-electron chi connectivity index (χ0n) is 15.5. The number of ether oxygens (including phenoxy) is 1. The first-order chi connectivity index (χ1) is 12.6. The summed E-state index contributed by atoms with van der Waals surface area (Å²) in [5.41, 5.74) is 2.32. The lowest BCUT2D eigenvalue weighted by Crippen LogP contribution is -2.44. The minimum absolute atomic E-state index is 0.0405. The Morgan fingerprint density at radius 2 is 2.19 bits per heavy atom. The Morgan fingerprint density at radius 3 is 2.92 bits per heavy atom. The molecule has 1 saturated heterocycles. The highest BCUT2D eigenvalue weighted by molar-refractivity contribution is 7.11. The lowest BCUT2D eigenvalue weighted by Gasteiger charge is -2.32. The van der Waals surface area contributed by atoms with Crippen LogP contribution in [0.15, 0.2) is 30.3 Å². The normalized spacial score (nSPS) is 18.0. The van der Waals surface area contributed by atoms with Crippen LogP contribution < -0.4 is 5.32 Å². The van der Waals surface area contributed by atoms with Gasteiger partial charge in [-0.15, -0.1) is 11.3 Å². The fourth-order valence-electron chi connectivity index (χ4n) is 3.15. The first kappa shape index (κ1) is 19.0. The molecule has 1 aromatic carbocycles. The van der Waals surface area contributed by atoms with Gasteiger partial charge in [0, 0.05) is 24.5 Å². The third-order valence-electron chi connectivity index (χ3n) is 4.57. The van der Waals surface area contributed by atoms with Gasteiger partial charge in [0.2, 0.25) is 5.91 Å². The van der Waals surface area contributed by atoms with E-state index in [9.17, 15) is 4.79 Å². The van der Waals surface area contributed by atoms with Crippen molar-refractivity contribution in [1.29, 1.82) is 0 Å². The van der Waals surface area contributed by atoms with Crippen LogP contribution in [0.1, 0.15) is 34.5 Å². The molecule has 0 unspecified atom stereocenters. The Morgan fingerprint density at radius 1 is 1.38 bits per heavy atom. The molecular weight excluding hydrogens is 346 g/mol. The predicted octanol–water partition coefficient (Wildman–Crippen LogP) is 2.92. The molecule has 2 aromatic rings. The molecule has 0 saturated carbocycles. The number of rotatable bonds is 7. The molecule has 1 aliphatic rings. The quantitative estimate of drug-likeness (QED) is 0.811. The molecule has 0 spiro atoms. The summed E-state index contributed by atoms with van der Waals surface area (Å²) in [6, 6.07) is 10.4. The predicted molar refractivity (Wildman–Crippen MR) is 104 cm³/mol. The number of aromatic nitrogens is 1. The van der Waals surface area contributed by atoms with E-state index in [1.54, 1.807) is 11.3 Å². The molecule has 0 bridgehead atoms. The average molecular weight is 374 g/mol. The maximum atomic E-state index is 12.3. The van der Waals surface area contributed by atoms with Crippen molar-refractivity contribution in [2.24, 2.45) is 0 Å². The SMILES string of the molecule is CCc1nc(C)c(CNC(=O)C[C@H]2CN(Cc3ccccc3)CCO2)s1. The van der Waals surface area contributed by atoms with Gasteiger partial charge < -0.3 is 10.1 Å². The Hall–Kier alpha value is -1.76. The van der Waals surface area contributed by atoms with Crippen molar-refractivity contribution in [2.75, 3.05) is 19.7 Å². The van der Waals surface area contributed by atoms with E-state index in [2.05, 4.69) is 46.4 Å². The van der Waals surface area contributed by atoms with Crippen LogP contribution >= 0.6 is 11.3 Å². The number of thiazole rings is 1. The molecule has 1 aromatic heterocycles. The van der Waals surface area contributed by atoms with Crippen LogP contribution in [-0.4, -0.2) is 41.6 Å². The van der Waals surface area contributed by atoms with Gasteiger partial charge in [-0.1, -0.05) is 37.3 Å². The number of hydrogen-bond donors (Lipinski definition) is 1. The Bertz CT molecular complexity index is 717. The van der Waals surface area contributed by atoms with Crippen LogP contribution in [0.5, 0.6) is 0 Å². The van der Waals surface area contributed by atoms with Gasteiger partial charge in [-0.2, -0.15) is 0 Å². The number of aryl methyl sites for hydroxylation is 2. The van der Waals surface area contributed by atoms with Crippen LogP contribution in [0, 0.1) is 6.92 Å². The minimum Gasteiger partial charge on any atom is -0.375 e. The molecule has 1 atom stereocenters. The molecule has 1 N–H and O–H groups in total. The fraction of sp³-hybridized carbons (Fsp3) is 0.500. The molecule has 26 heavy (non-hydrogen) atoms. The Kier molecular flexibility index (Phi) is 6.77. The molecule has 6 heteroatoms. The van der Waals surface area contributed by atoms with Crippen molar-refractivity contribution >= 4 is 17.2 Å². The van der Waals surface area contributed by atoms with Crippen molar-refractivity contribution in [3.8, 4) is 0 Å². The zero-order valence-corrected chi connectivity index (χ0v) is 16.3. The van der Waals surface area contributed by atoms with Crippen LogP contribution in [0.25, 0.3) is 0 Å². The third-order valence-corrected chi connectivity index (χ3v) is 5.87. The van der Waals surface area contributed by atoms with E-state index in [1.807, 2.05) is 13.0 Å². The van der Waals surface area contributed by atoms with E-state index in [0.717, 1.165) is 41.6 Å². The summed E-state index contributed by atoms with van der Waals surface area (Å²) < 4.78 is 5.80. The van der Waals surface area contributed by atoms with Crippen molar-refractivity contribution in [3.05, 3.63) is 51.5 Å². The summed E-state index contributed by atoms with van der Waals surface area (Å²) in [6.45, 7) is 7.95. The summed E-state index contributed by atoms with van der Waals surface area (Å²) in [5, 5.41) is 4.15. The number of nitrogens with one attached hydrogen (secondary N) is 1. The molecule has 2 heterocycles. The summed E-state index contributed by atoms with van der Waals surface area (Å²) in [7, 11) is 0. The van der Waals surface area contributed by atoms with E-state index in [4.69, 9.17) is 4.74 Å². The minimum atomic E-state index is -0.0405. The number of benzene rings is 1. The van der Waals surface area contributed by atoms with Gasteiger partial charge in [0.1, 0.15) is 0 Å². The molecule has 0 aliphatic carbocycles. The van der Waals surface area contributed by atoms with Crippen LogP contribution in [-0.2, 0) is 29.0 Å². The van der Waals surface area contributed by atoms with E-state index < -0.39 is 0 Å². The van der Waals surface area contributed by atoms with E-state index in [-0.39, 0.29) is 12.0 Å². The standard InChI is InChI=1S/C20H27N3O2S/c1-3-20-22-15(2)18(26-20)12-21-19(24)11-17-14-23(9-10-25-17)13-16-7-5-4-6-8-16/h4-8,17H,3,9-14H2,1-2H3,(H,21,24)/t17-/m0/s1. The van der Waals surface area contributed by atoms with Crippen molar-refractivity contribution in [2.45, 2.75) is 45.9 Å². The van der Waals surface area contributed by atoms with E-state index in [1.165, 1.54) is 5.56 Å². The highest BCUT2D eigenvalue weighted by atomic mass is 32.1. The fourth-order valence-corrected chi connectivity index (χ4v) is 4.10. The lowest BCUT2D eigenvalue weighted by atomic mass is 10.1. The molecule has 1 amide bonds. The van der Waals surface area contributed by atoms with Crippen LogP contribution in [0.2, 0.25) is 0 Å². The number of carbonyl (C=O) groups is 1. The molecule has 5 nitrogen and oxygen atoms in total. The summed E-state index contributed by atoms with van der Waals surface area (Å²) in [4.78, 5) is 20.3. The maximum absolute atomic E-state index is 12.3. The van der Waals surface area contributed by atoms with Gasteiger partial charge in [-0.05, 0) is 18.9 Å². The van der Waals surface area contributed by atoms with Gasteiger partial charge in [-0.25, -0.2) is 4.98 Å². The maximum Gasteiger partial charge on any atom is 0.222 e. The number of hydrogen-bond acceptors (Lipinski definition) is 5. The van der Waals surface area contributed by atoms with E-state index >= 15 is 0 Å². The number of carbonyl (C=O) groups excluding carboxylic acids is 1. The summed E-state index contributed by atoms with van der Waals surface area (Å²) >= 11 is 1.68. The smallest absolute Gasteiger partial charge is 0.222 e. The van der Waals surface area contributed by atoms with Gasteiger partial charge in [0.25, 0.3) is 0 Å². The molecular formula is C20H27N3O2S. The first-order valence-electron chi connectivity index (χ1n) is 9.23. The highest BCUT2D eigenvalue weighted by Crippen LogP contribution is 2.18. The largest absolute Gasteiger partial charge is 0.375 e. The highest BCUT2D eigenvalue weighted by Gasteiger charge is 2.23. The first-order valence-corrected chi connectivity index (χ1v) is 10.1. The monoisotopic (exact) mass is 373 g/mol. The number of nitrogens with zero attached hydrogens (tertiary/aromatic N) is 2. The van der Waals surface area contributed by atoms with Crippen LogP contribution in [0.4, 0.5) is 0 Å². The lowest BCUT2D eigenvalue weighted by molar-refractivity contribution is -0.126. The Balaban J connectivity index is 1.45. The molecule has 0 radical (unpaired) electrons. The van der Waals surface area contributed by atoms with Crippen molar-refractivity contribution in [1.82, 2.24) is 15.2 Å². The summed E-state index contributed by atoms with van der Waals surface area (Å²) in [6.07, 6.45) is 1.30. The van der Waals surface area contributed by atoms with Crippen LogP contribution in [0.3, 0.4) is 0 Å². The van der Waals surface area contributed by atoms with Gasteiger partial charge in [0.15, 0.2) is 0 Å². The molecule has 1 aliphatic heterocycles. The number of amides is 1. The molecule has 140 valence electrons. The van der Waals surface area contributed by atoms with Gasteiger partial charge >= 0.3 is 0 Å². The van der Waals surface area contributed by atoms with Crippen molar-refractivity contribution < 1.29 is 9.53 Å². The number of morpholine rings is 1. The van der Waals surface area contributed by atoms with Gasteiger partial charge in [-0.3, -0.25) is 9.69 Å². The van der Waals surface area contributed by atoms with E-state index in [0.29, 0.717) is 19.6 Å². The van der Waals surface area contributed by atoms with Gasteiger partial charge in [0.05, 0.1) is 36.4 Å². The Labute approximate surface area is 159 Å². The third kappa shape index (κ3) is 5.37. The van der Waals surface area contributed by atoms with Crippen molar-refractivity contribution in [3.63, 3.8) is 0 Å². The second kappa shape index (κ2) is 9.26. The second-order valence-electron chi connectivity index (χ2n) is 6.66. The zero-order chi connectivity index (χ0) is 18.4. The second-order valence-corrected chi connectivity index (χ2v) is 7.83. The molecule has 3 rings (SSSR count). The molecule has 1 fully saturated rings.